The molecule has 0 aliphatic carbocycles. The summed E-state index contributed by atoms with van der Waals surface area (Å²) < 4.78 is 10.8. The molecule has 1 aromatic rings. The second-order valence-corrected chi connectivity index (χ2v) is 3.82. The lowest BCUT2D eigenvalue weighted by atomic mass is 10.2. The predicted octanol–water partition coefficient (Wildman–Crippen LogP) is 2.36. The first kappa shape index (κ1) is 14.5. The Morgan fingerprint density at radius 1 is 1.33 bits per heavy atom. The fraction of sp³-hybridized carbons (Fsp3) is 0.167. The summed E-state index contributed by atoms with van der Waals surface area (Å²) in [7, 11) is 1.24. The number of methoxy groups -OCH3 is 1. The zero-order chi connectivity index (χ0) is 13.4. The molecule has 0 aliphatic heterocycles. The van der Waals surface area contributed by atoms with Crippen molar-refractivity contribution >= 4 is 34.7 Å². The number of nitrogens with one attached hydrogen (secondary N) is 1. The Hall–Kier alpha value is -1.57. The molecule has 0 bridgehead atoms. The average molecular weight is 361 g/mol. The van der Waals surface area contributed by atoms with E-state index in [-0.39, 0.29) is 12.3 Å². The van der Waals surface area contributed by atoms with Crippen LogP contribution in [-0.4, -0.2) is 19.2 Å². The highest BCUT2D eigenvalue weighted by Gasteiger charge is 2.13. The zero-order valence-electron chi connectivity index (χ0n) is 9.68. The average Bonchev–Trinajstić information content (AvgIpc) is 2.42. The fourth-order valence-corrected chi connectivity index (χ4v) is 1.51. The summed E-state index contributed by atoms with van der Waals surface area (Å²) in [5, 5.41) is 2.31. The van der Waals surface area contributed by atoms with E-state index in [1.54, 1.807) is 0 Å². The third-order valence-electron chi connectivity index (χ3n) is 1.96. The lowest BCUT2D eigenvalue weighted by molar-refractivity contribution is -0.136. The van der Waals surface area contributed by atoms with Gasteiger partial charge in [0.2, 0.25) is 0 Å². The molecule has 0 unspecified atom stereocenters. The van der Waals surface area contributed by atoms with Crippen molar-refractivity contribution in [2.24, 2.45) is 0 Å². The molecular formula is C12H12INO4. The van der Waals surface area contributed by atoms with E-state index >= 15 is 0 Å². The highest BCUT2D eigenvalue weighted by Crippen LogP contribution is 2.02. The van der Waals surface area contributed by atoms with Gasteiger partial charge in [-0.25, -0.2) is 9.59 Å². The number of hydrogen-bond acceptors (Lipinski definition) is 4. The Bertz CT molecular complexity index is 445. The van der Waals surface area contributed by atoms with Crippen LogP contribution in [0.2, 0.25) is 0 Å². The van der Waals surface area contributed by atoms with Crippen molar-refractivity contribution in [2.45, 2.75) is 6.61 Å². The Balaban J connectivity index is 2.45. The Kier molecular flexibility index (Phi) is 6.20. The maximum absolute atomic E-state index is 11.4. The van der Waals surface area contributed by atoms with Gasteiger partial charge in [0.1, 0.15) is 12.3 Å². The molecule has 0 saturated carbocycles. The maximum Gasteiger partial charge on any atom is 0.412 e. The molecule has 0 aliphatic rings. The minimum absolute atomic E-state index is 0.0381. The fourth-order valence-electron chi connectivity index (χ4n) is 1.10. The van der Waals surface area contributed by atoms with E-state index in [0.29, 0.717) is 0 Å². The summed E-state index contributed by atoms with van der Waals surface area (Å²) in [5.74, 6) is -0.624. The first-order valence-corrected chi connectivity index (χ1v) is 6.28. The van der Waals surface area contributed by atoms with Crippen LogP contribution in [0.3, 0.4) is 0 Å². The number of hydrogen-bond donors (Lipinski definition) is 1. The van der Waals surface area contributed by atoms with Crippen LogP contribution in [0.4, 0.5) is 4.79 Å². The van der Waals surface area contributed by atoms with Gasteiger partial charge >= 0.3 is 12.1 Å². The predicted molar refractivity (Wildman–Crippen MR) is 73.9 cm³/mol. The molecular weight excluding hydrogens is 349 g/mol. The van der Waals surface area contributed by atoms with Crippen LogP contribution in [0.15, 0.2) is 40.1 Å². The third-order valence-corrected chi connectivity index (χ3v) is 2.59. The lowest BCUT2D eigenvalue weighted by Gasteiger charge is -2.08. The minimum Gasteiger partial charge on any atom is -0.464 e. The van der Waals surface area contributed by atoms with Gasteiger partial charge in [0.25, 0.3) is 0 Å². The highest BCUT2D eigenvalue weighted by atomic mass is 127. The summed E-state index contributed by atoms with van der Waals surface area (Å²) >= 11 is 1.83. The van der Waals surface area contributed by atoms with Crippen LogP contribution >= 0.6 is 22.6 Å². The van der Waals surface area contributed by atoms with E-state index in [1.807, 2.05) is 52.9 Å². The van der Waals surface area contributed by atoms with E-state index in [4.69, 9.17) is 4.74 Å². The number of ether oxygens (including phenoxy) is 2. The van der Waals surface area contributed by atoms with Gasteiger partial charge < -0.3 is 9.47 Å². The van der Waals surface area contributed by atoms with Crippen molar-refractivity contribution in [2.75, 3.05) is 7.11 Å². The molecule has 1 amide bonds. The van der Waals surface area contributed by atoms with Gasteiger partial charge in [-0.15, -0.1) is 0 Å². The Morgan fingerprint density at radius 2 is 2.00 bits per heavy atom. The molecule has 6 heteroatoms. The molecule has 1 aromatic carbocycles. The van der Waals surface area contributed by atoms with Crippen molar-refractivity contribution in [3.63, 3.8) is 0 Å². The summed E-state index contributed by atoms with van der Waals surface area (Å²) in [6.07, 6.45) is -0.702. The number of alkyl carbamates (subject to hydrolysis) is 1. The van der Waals surface area contributed by atoms with E-state index < -0.39 is 12.1 Å². The minimum atomic E-state index is -0.702. The van der Waals surface area contributed by atoms with Crippen molar-refractivity contribution in [1.82, 2.24) is 5.32 Å². The number of esters is 1. The molecule has 0 saturated heterocycles. The van der Waals surface area contributed by atoms with Gasteiger partial charge in [0, 0.05) is 4.08 Å². The summed E-state index contributed by atoms with van der Waals surface area (Å²) in [6.45, 7) is 0.141. The van der Waals surface area contributed by atoms with Crippen molar-refractivity contribution in [3.05, 3.63) is 45.7 Å². The molecule has 1 N–H and O–H groups in total. The normalized spacial score (nSPS) is 10.7. The first-order chi connectivity index (χ1) is 8.67. The second kappa shape index (κ2) is 7.70. The number of carbonyl (C=O) groups is 2. The van der Waals surface area contributed by atoms with Gasteiger partial charge in [0.15, 0.2) is 0 Å². The number of carbonyl (C=O) groups excluding carboxylic acids is 2. The maximum atomic E-state index is 11.4. The van der Waals surface area contributed by atoms with E-state index in [0.717, 1.165) is 5.56 Å². The van der Waals surface area contributed by atoms with Gasteiger partial charge in [-0.3, -0.25) is 5.32 Å². The number of amides is 1. The highest BCUT2D eigenvalue weighted by molar-refractivity contribution is 14.1. The van der Waals surface area contributed by atoms with Gasteiger partial charge in [-0.2, -0.15) is 0 Å². The molecule has 0 heterocycles. The zero-order valence-corrected chi connectivity index (χ0v) is 11.8. The van der Waals surface area contributed by atoms with Gasteiger partial charge in [0.05, 0.1) is 7.11 Å². The number of rotatable bonds is 4. The Morgan fingerprint density at radius 3 is 2.56 bits per heavy atom. The number of benzene rings is 1. The Labute approximate surface area is 118 Å². The van der Waals surface area contributed by atoms with Gasteiger partial charge in [-0.05, 0) is 5.56 Å². The third kappa shape index (κ3) is 4.74. The summed E-state index contributed by atoms with van der Waals surface area (Å²) in [4.78, 5) is 22.6. The molecule has 0 atom stereocenters. The van der Waals surface area contributed by atoms with Crippen molar-refractivity contribution in [3.8, 4) is 0 Å². The molecule has 1 rings (SSSR count). The molecule has 0 fully saturated rings. The summed E-state index contributed by atoms with van der Waals surface area (Å²) in [5.41, 5.74) is 0.905. The smallest absolute Gasteiger partial charge is 0.412 e. The van der Waals surface area contributed by atoms with E-state index in [1.165, 1.54) is 11.2 Å². The lowest BCUT2D eigenvalue weighted by Crippen LogP contribution is -2.28. The molecule has 0 aromatic heterocycles. The molecule has 0 radical (unpaired) electrons. The van der Waals surface area contributed by atoms with Crippen LogP contribution in [0.25, 0.3) is 0 Å². The number of halogens is 1. The standard InChI is InChI=1S/C12H12INO4/c1-17-11(15)10(7-13)14-12(16)18-8-9-5-3-2-4-6-9/h2-7H,8H2,1H3,(H,14,16)/b10-7-. The second-order valence-electron chi connectivity index (χ2n) is 3.20. The van der Waals surface area contributed by atoms with Gasteiger partial charge in [-0.1, -0.05) is 52.9 Å². The van der Waals surface area contributed by atoms with Crippen LogP contribution < -0.4 is 5.32 Å². The molecule has 96 valence electrons. The monoisotopic (exact) mass is 361 g/mol. The van der Waals surface area contributed by atoms with Crippen molar-refractivity contribution in [1.29, 1.82) is 0 Å². The van der Waals surface area contributed by atoms with Crippen LogP contribution in [0, 0.1) is 0 Å². The van der Waals surface area contributed by atoms with E-state index in [2.05, 4.69) is 10.1 Å². The SMILES string of the molecule is COC(=O)/C(=C/I)NC(=O)OCc1ccccc1. The quantitative estimate of drug-likeness (QED) is 0.508. The van der Waals surface area contributed by atoms with Crippen LogP contribution in [-0.2, 0) is 20.9 Å². The largest absolute Gasteiger partial charge is 0.464 e. The first-order valence-electron chi connectivity index (χ1n) is 5.03. The van der Waals surface area contributed by atoms with Crippen LogP contribution in [0.1, 0.15) is 5.56 Å². The molecule has 5 nitrogen and oxygen atoms in total. The van der Waals surface area contributed by atoms with Crippen molar-refractivity contribution < 1.29 is 19.1 Å². The van der Waals surface area contributed by atoms with Crippen LogP contribution in [0.5, 0.6) is 0 Å². The molecule has 0 spiro atoms. The summed E-state index contributed by atoms with van der Waals surface area (Å²) in [6, 6.07) is 9.24. The molecule has 18 heavy (non-hydrogen) atoms. The van der Waals surface area contributed by atoms with E-state index in [9.17, 15) is 9.59 Å². The topological polar surface area (TPSA) is 64.6 Å².